The predicted octanol–water partition coefficient (Wildman–Crippen LogP) is 2.74. The maximum Gasteiger partial charge on any atom is 0.211 e. The molecule has 66 valence electrons. The molecule has 0 radical (unpaired) electrons. The first-order valence-electron chi connectivity index (χ1n) is 4.31. The molecule has 0 N–H and O–H groups in total. The number of nitrogens with zero attached hydrogens (tertiary/aromatic N) is 3. The predicted molar refractivity (Wildman–Crippen MR) is 46.4 cm³/mol. The molecule has 0 spiro atoms. The lowest BCUT2D eigenvalue weighted by Crippen LogP contribution is -2.36. The zero-order chi connectivity index (χ0) is 9.41. The largest absolute Gasteiger partial charge is 0.211 e. The van der Waals surface area contributed by atoms with Crippen molar-refractivity contribution in [3.63, 3.8) is 0 Å². The van der Waals surface area contributed by atoms with E-state index < -0.39 is 5.66 Å². The first kappa shape index (κ1) is 9.18. The van der Waals surface area contributed by atoms with Crippen LogP contribution < -0.4 is 0 Å². The molecule has 1 unspecified atom stereocenters. The smallest absolute Gasteiger partial charge is 0.198 e. The van der Waals surface area contributed by atoms with Gasteiger partial charge in [0, 0.05) is 5.41 Å². The maximum atomic E-state index is 8.89. The highest BCUT2D eigenvalue weighted by Gasteiger charge is 2.56. The van der Waals surface area contributed by atoms with E-state index in [-0.39, 0.29) is 11.3 Å². The lowest BCUT2D eigenvalue weighted by molar-refractivity contribution is 0.218. The van der Waals surface area contributed by atoms with E-state index in [1.165, 1.54) is 0 Å². The summed E-state index contributed by atoms with van der Waals surface area (Å²) in [6.07, 6.45) is 0.820. The molecule has 0 aromatic heterocycles. The molecule has 1 aliphatic rings. The van der Waals surface area contributed by atoms with Crippen molar-refractivity contribution >= 4 is 0 Å². The lowest BCUT2D eigenvalue weighted by Gasteiger charge is -2.28. The Hall–Kier alpha value is -0.910. The summed E-state index contributed by atoms with van der Waals surface area (Å²) in [5, 5.41) is 17.0. The highest BCUT2D eigenvalue weighted by molar-refractivity contribution is 5.13. The molecule has 0 fully saturated rings. The zero-order valence-electron chi connectivity index (χ0n) is 8.13. The van der Waals surface area contributed by atoms with Crippen LogP contribution >= 0.6 is 0 Å². The second-order valence-electron chi connectivity index (χ2n) is 4.27. The van der Waals surface area contributed by atoms with Gasteiger partial charge in [0.15, 0.2) is 0 Å². The van der Waals surface area contributed by atoms with Crippen LogP contribution in [0.4, 0.5) is 0 Å². The molecule has 1 rings (SSSR count). The average Bonchev–Trinajstić information content (AvgIpc) is 2.69. The Morgan fingerprint density at radius 3 is 2.00 bits per heavy atom. The van der Waals surface area contributed by atoms with Gasteiger partial charge in [-0.3, -0.25) is 0 Å². The number of nitriles is 1. The fourth-order valence-electron chi connectivity index (χ4n) is 1.48. The van der Waals surface area contributed by atoms with Crippen LogP contribution in [-0.2, 0) is 0 Å². The van der Waals surface area contributed by atoms with Gasteiger partial charge in [-0.2, -0.15) is 15.5 Å². The molecule has 0 amide bonds. The van der Waals surface area contributed by atoms with Crippen molar-refractivity contribution in [2.24, 2.45) is 21.6 Å². The average molecular weight is 165 g/mol. The quantitative estimate of drug-likeness (QED) is 0.620. The van der Waals surface area contributed by atoms with Crippen LogP contribution in [0, 0.1) is 22.7 Å². The number of rotatable bonds is 2. The van der Waals surface area contributed by atoms with Crippen LogP contribution in [0.1, 0.15) is 34.1 Å². The molecule has 0 aromatic carbocycles. The van der Waals surface area contributed by atoms with E-state index in [2.05, 4.69) is 37.1 Å². The summed E-state index contributed by atoms with van der Waals surface area (Å²) in [7, 11) is 0. The number of hydrogen-bond donors (Lipinski definition) is 0. The second kappa shape index (κ2) is 2.55. The molecule has 0 bridgehead atoms. The molecular formula is C9H15N3. The Morgan fingerprint density at radius 2 is 1.92 bits per heavy atom. The minimum Gasteiger partial charge on any atom is -0.198 e. The van der Waals surface area contributed by atoms with Crippen molar-refractivity contribution in [2.75, 3.05) is 0 Å². The Morgan fingerprint density at radius 1 is 1.42 bits per heavy atom. The van der Waals surface area contributed by atoms with E-state index in [1.807, 2.05) is 6.92 Å². The van der Waals surface area contributed by atoms with E-state index in [0.29, 0.717) is 0 Å². The molecule has 3 heteroatoms. The summed E-state index contributed by atoms with van der Waals surface area (Å²) in [6, 6.07) is 2.27. The SMILES string of the molecule is CCC(C#N)C1(C(C)(C)C)N=N1. The van der Waals surface area contributed by atoms with Gasteiger partial charge in [-0.25, -0.2) is 0 Å². The summed E-state index contributed by atoms with van der Waals surface area (Å²) < 4.78 is 0. The molecule has 1 heterocycles. The van der Waals surface area contributed by atoms with Gasteiger partial charge in [0.25, 0.3) is 0 Å². The first-order valence-corrected chi connectivity index (χ1v) is 4.31. The molecule has 0 saturated carbocycles. The van der Waals surface area contributed by atoms with Crippen LogP contribution in [0.25, 0.3) is 0 Å². The van der Waals surface area contributed by atoms with Crippen molar-refractivity contribution in [1.29, 1.82) is 5.26 Å². The maximum absolute atomic E-state index is 8.89. The zero-order valence-corrected chi connectivity index (χ0v) is 8.13. The summed E-state index contributed by atoms with van der Waals surface area (Å²) in [6.45, 7) is 8.23. The van der Waals surface area contributed by atoms with Crippen molar-refractivity contribution in [3.05, 3.63) is 0 Å². The van der Waals surface area contributed by atoms with E-state index in [1.54, 1.807) is 0 Å². The Labute approximate surface area is 73.5 Å². The fourth-order valence-corrected chi connectivity index (χ4v) is 1.48. The van der Waals surface area contributed by atoms with E-state index in [9.17, 15) is 0 Å². The van der Waals surface area contributed by atoms with Gasteiger partial charge in [-0.15, -0.1) is 0 Å². The van der Waals surface area contributed by atoms with E-state index in [4.69, 9.17) is 5.26 Å². The molecule has 3 nitrogen and oxygen atoms in total. The molecule has 0 aliphatic carbocycles. The van der Waals surface area contributed by atoms with Gasteiger partial charge in [0.05, 0.1) is 12.0 Å². The minimum absolute atomic E-state index is 0.0244. The third kappa shape index (κ3) is 1.12. The molecule has 0 saturated heterocycles. The van der Waals surface area contributed by atoms with E-state index >= 15 is 0 Å². The summed E-state index contributed by atoms with van der Waals surface area (Å²) in [5.41, 5.74) is -0.431. The van der Waals surface area contributed by atoms with Gasteiger partial charge in [-0.05, 0) is 6.42 Å². The van der Waals surface area contributed by atoms with Crippen molar-refractivity contribution in [1.82, 2.24) is 0 Å². The topological polar surface area (TPSA) is 48.5 Å². The van der Waals surface area contributed by atoms with Crippen molar-refractivity contribution < 1.29 is 0 Å². The van der Waals surface area contributed by atoms with Gasteiger partial charge >= 0.3 is 0 Å². The van der Waals surface area contributed by atoms with Crippen molar-refractivity contribution in [3.8, 4) is 6.07 Å². The highest BCUT2D eigenvalue weighted by atomic mass is 15.5. The Bertz CT molecular complexity index is 235. The fraction of sp³-hybridized carbons (Fsp3) is 0.889. The van der Waals surface area contributed by atoms with Gasteiger partial charge in [-0.1, -0.05) is 27.7 Å². The van der Waals surface area contributed by atoms with Gasteiger partial charge in [0.1, 0.15) is 0 Å². The Kier molecular flexibility index (Phi) is 1.95. The first-order chi connectivity index (χ1) is 5.48. The van der Waals surface area contributed by atoms with Crippen LogP contribution in [-0.4, -0.2) is 5.66 Å². The third-order valence-corrected chi connectivity index (χ3v) is 2.47. The molecule has 0 aromatic rings. The normalized spacial score (nSPS) is 21.6. The highest BCUT2D eigenvalue weighted by Crippen LogP contribution is 2.50. The molecule has 12 heavy (non-hydrogen) atoms. The monoisotopic (exact) mass is 165 g/mol. The van der Waals surface area contributed by atoms with Gasteiger partial charge < -0.3 is 0 Å². The minimum atomic E-state index is -0.406. The summed E-state index contributed by atoms with van der Waals surface area (Å²) in [5.74, 6) is -0.0579. The number of hydrogen-bond acceptors (Lipinski definition) is 3. The second-order valence-corrected chi connectivity index (χ2v) is 4.27. The van der Waals surface area contributed by atoms with Gasteiger partial charge in [0.2, 0.25) is 5.66 Å². The van der Waals surface area contributed by atoms with Crippen LogP contribution in [0.3, 0.4) is 0 Å². The standard InChI is InChI=1S/C9H15N3/c1-5-7(6-10)9(11-12-9)8(2,3)4/h7H,5H2,1-4H3. The van der Waals surface area contributed by atoms with Crippen molar-refractivity contribution in [2.45, 2.75) is 39.8 Å². The van der Waals surface area contributed by atoms with Crippen LogP contribution in [0.2, 0.25) is 0 Å². The molecule has 1 aliphatic heterocycles. The lowest BCUT2D eigenvalue weighted by atomic mass is 9.75. The van der Waals surface area contributed by atoms with Crippen LogP contribution in [0.5, 0.6) is 0 Å². The molecular weight excluding hydrogens is 150 g/mol. The van der Waals surface area contributed by atoms with Crippen LogP contribution in [0.15, 0.2) is 10.2 Å². The third-order valence-electron chi connectivity index (χ3n) is 2.47. The summed E-state index contributed by atoms with van der Waals surface area (Å²) >= 11 is 0. The molecule has 1 atom stereocenters. The Balaban J connectivity index is 2.81. The summed E-state index contributed by atoms with van der Waals surface area (Å²) in [4.78, 5) is 0. The van der Waals surface area contributed by atoms with E-state index in [0.717, 1.165) is 6.42 Å².